The second-order valence-corrected chi connectivity index (χ2v) is 11.1. The van der Waals surface area contributed by atoms with E-state index in [1.807, 2.05) is 80.6 Å². The Balaban J connectivity index is 1.78. The zero-order valence-corrected chi connectivity index (χ0v) is 21.6. The Morgan fingerprint density at radius 3 is 1.76 bits per heavy atom. The van der Waals surface area contributed by atoms with E-state index in [0.717, 1.165) is 27.8 Å². The highest BCUT2D eigenvalue weighted by Crippen LogP contribution is 2.59. The van der Waals surface area contributed by atoms with E-state index in [0.29, 0.717) is 11.1 Å². The van der Waals surface area contributed by atoms with E-state index in [-0.39, 0.29) is 6.42 Å². The lowest BCUT2D eigenvalue weighted by Gasteiger charge is -2.39. The largest absolute Gasteiger partial charge is 0.480 e. The topological polar surface area (TPSA) is 107 Å². The molecule has 4 rings (SSSR count). The monoisotopic (exact) mass is 515 g/mol. The fourth-order valence-corrected chi connectivity index (χ4v) is 5.92. The summed E-state index contributed by atoms with van der Waals surface area (Å²) in [6, 6.07) is 29.8. The molecule has 190 valence electrons. The smallest absolute Gasteiger partial charge is 0.354 e. The van der Waals surface area contributed by atoms with Gasteiger partial charge < -0.3 is 14.9 Å². The summed E-state index contributed by atoms with van der Waals surface area (Å²) in [5.41, 5.74) is 4.97. The molecule has 0 amide bonds. The molecule has 4 aromatic rings. The summed E-state index contributed by atoms with van der Waals surface area (Å²) in [6.07, 6.45) is 0.0315. The van der Waals surface area contributed by atoms with E-state index >= 15 is 0 Å². The molecule has 1 atom stereocenters. The number of carboxylic acids is 1. The first-order chi connectivity index (χ1) is 17.6. The number of rotatable bonds is 9. The van der Waals surface area contributed by atoms with Crippen LogP contribution in [0.4, 0.5) is 0 Å². The molecule has 4 N–H and O–H groups in total. The lowest BCUT2D eigenvalue weighted by molar-refractivity contribution is -0.139. The summed E-state index contributed by atoms with van der Waals surface area (Å²) >= 11 is 0. The lowest BCUT2D eigenvalue weighted by atomic mass is 9.93. The van der Waals surface area contributed by atoms with Crippen LogP contribution in [0.5, 0.6) is 0 Å². The van der Waals surface area contributed by atoms with Gasteiger partial charge in [-0.3, -0.25) is 14.7 Å². The SMILES string of the molecule is Cc1cccc(C(NC(Cc2ccc(-c3ccccc3)cc2)C(=O)O)(c2cccc(C)c2)P(=O)(O)O)c1. The molecular weight excluding hydrogens is 485 g/mol. The van der Waals surface area contributed by atoms with Crippen molar-refractivity contribution in [3.63, 3.8) is 0 Å². The van der Waals surface area contributed by atoms with Gasteiger partial charge in [0.05, 0.1) is 0 Å². The van der Waals surface area contributed by atoms with Crippen LogP contribution in [-0.4, -0.2) is 26.9 Å². The zero-order valence-electron chi connectivity index (χ0n) is 20.7. The van der Waals surface area contributed by atoms with Crippen molar-refractivity contribution in [2.24, 2.45) is 0 Å². The third-order valence-corrected chi connectivity index (χ3v) is 8.01. The number of carboxylic acid groups (broad SMARTS) is 1. The Hall–Kier alpha value is -3.54. The fourth-order valence-electron chi connectivity index (χ4n) is 4.65. The molecule has 0 saturated carbocycles. The predicted octanol–water partition coefficient (Wildman–Crippen LogP) is 5.63. The van der Waals surface area contributed by atoms with Crippen molar-refractivity contribution in [3.05, 3.63) is 131 Å². The van der Waals surface area contributed by atoms with Gasteiger partial charge in [0.25, 0.3) is 0 Å². The third kappa shape index (κ3) is 5.74. The first kappa shape index (κ1) is 26.5. The average Bonchev–Trinajstić information content (AvgIpc) is 2.86. The Labute approximate surface area is 216 Å². The quantitative estimate of drug-likeness (QED) is 0.215. The van der Waals surface area contributed by atoms with Gasteiger partial charge in [-0.1, -0.05) is 114 Å². The number of aliphatic carboxylic acids is 1. The van der Waals surface area contributed by atoms with Gasteiger partial charge in [0.1, 0.15) is 6.04 Å². The van der Waals surface area contributed by atoms with Crippen molar-refractivity contribution < 1.29 is 24.3 Å². The maximum Gasteiger partial charge on any atom is 0.354 e. The van der Waals surface area contributed by atoms with Crippen LogP contribution >= 0.6 is 7.60 Å². The third-order valence-electron chi connectivity index (χ3n) is 6.49. The highest BCUT2D eigenvalue weighted by atomic mass is 31.2. The Bertz CT molecular complexity index is 1380. The van der Waals surface area contributed by atoms with Gasteiger partial charge in [-0.25, -0.2) is 0 Å². The molecule has 0 heterocycles. The van der Waals surface area contributed by atoms with Gasteiger partial charge >= 0.3 is 13.6 Å². The van der Waals surface area contributed by atoms with Gasteiger partial charge in [-0.2, -0.15) is 0 Å². The van der Waals surface area contributed by atoms with Crippen molar-refractivity contribution in [2.75, 3.05) is 0 Å². The number of carbonyl (C=O) groups is 1. The Morgan fingerprint density at radius 1 is 0.784 bits per heavy atom. The van der Waals surface area contributed by atoms with E-state index in [9.17, 15) is 24.3 Å². The van der Waals surface area contributed by atoms with Crippen LogP contribution in [0.2, 0.25) is 0 Å². The number of hydrogen-bond donors (Lipinski definition) is 4. The number of nitrogens with one attached hydrogen (secondary N) is 1. The van der Waals surface area contributed by atoms with E-state index in [4.69, 9.17) is 0 Å². The molecule has 0 aliphatic carbocycles. The van der Waals surface area contributed by atoms with Crippen LogP contribution in [0.25, 0.3) is 11.1 Å². The molecule has 0 fully saturated rings. The number of aryl methyl sites for hydroxylation is 2. The summed E-state index contributed by atoms with van der Waals surface area (Å²) in [5.74, 6) is -1.20. The van der Waals surface area contributed by atoms with Crippen molar-refractivity contribution >= 4 is 13.6 Å². The zero-order chi connectivity index (χ0) is 26.6. The van der Waals surface area contributed by atoms with Crippen LogP contribution in [-0.2, 0) is 21.1 Å². The molecule has 0 radical (unpaired) electrons. The van der Waals surface area contributed by atoms with E-state index in [2.05, 4.69) is 5.32 Å². The maximum absolute atomic E-state index is 13.3. The van der Waals surface area contributed by atoms with Gasteiger partial charge in [-0.05, 0) is 48.1 Å². The molecule has 7 heteroatoms. The molecule has 0 bridgehead atoms. The Kier molecular flexibility index (Phi) is 7.76. The minimum Gasteiger partial charge on any atom is -0.480 e. The highest BCUT2D eigenvalue weighted by Gasteiger charge is 2.52. The van der Waals surface area contributed by atoms with Crippen LogP contribution in [0.3, 0.4) is 0 Å². The molecule has 0 spiro atoms. The second-order valence-electron chi connectivity index (χ2n) is 9.30. The maximum atomic E-state index is 13.3. The summed E-state index contributed by atoms with van der Waals surface area (Å²) in [7, 11) is -5.01. The van der Waals surface area contributed by atoms with Crippen LogP contribution in [0, 0.1) is 13.8 Å². The lowest BCUT2D eigenvalue weighted by Crippen LogP contribution is -2.52. The van der Waals surface area contributed by atoms with Crippen LogP contribution < -0.4 is 5.32 Å². The summed E-state index contributed by atoms with van der Waals surface area (Å²) in [5, 5.41) is 11.1. The van der Waals surface area contributed by atoms with E-state index in [1.165, 1.54) is 0 Å². The molecule has 0 aliphatic rings. The van der Waals surface area contributed by atoms with Gasteiger partial charge in [0, 0.05) is 0 Å². The molecule has 0 aromatic heterocycles. The van der Waals surface area contributed by atoms with Crippen LogP contribution in [0.15, 0.2) is 103 Å². The normalized spacial score (nSPS) is 12.8. The standard InChI is InChI=1S/C30H30NO5P/c1-21-8-6-12-26(18-21)30(37(34,35)36,27-13-7-9-22(2)19-27)31-28(29(32)33)20-23-14-16-25(17-15-23)24-10-4-3-5-11-24/h3-19,28,31H,20H2,1-2H3,(H,32,33)(H2,34,35,36). The van der Waals surface area contributed by atoms with E-state index < -0.39 is 24.9 Å². The summed E-state index contributed by atoms with van der Waals surface area (Å²) in [6.45, 7) is 3.65. The molecule has 1 unspecified atom stereocenters. The van der Waals surface area contributed by atoms with Crippen molar-refractivity contribution in [2.45, 2.75) is 31.6 Å². The molecule has 37 heavy (non-hydrogen) atoms. The minimum atomic E-state index is -5.01. The second kappa shape index (κ2) is 10.8. The summed E-state index contributed by atoms with van der Waals surface area (Å²) < 4.78 is 13.3. The van der Waals surface area contributed by atoms with Gasteiger partial charge in [-0.15, -0.1) is 0 Å². The number of hydrogen-bond acceptors (Lipinski definition) is 3. The van der Waals surface area contributed by atoms with Crippen molar-refractivity contribution in [1.29, 1.82) is 0 Å². The predicted molar refractivity (Wildman–Crippen MR) is 145 cm³/mol. The van der Waals surface area contributed by atoms with Crippen molar-refractivity contribution in [3.8, 4) is 11.1 Å². The van der Waals surface area contributed by atoms with Gasteiger partial charge in [0.2, 0.25) is 0 Å². The molecule has 4 aromatic carbocycles. The summed E-state index contributed by atoms with van der Waals surface area (Å²) in [4.78, 5) is 34.1. The average molecular weight is 516 g/mol. The minimum absolute atomic E-state index is 0.0315. The molecule has 0 saturated heterocycles. The highest BCUT2D eigenvalue weighted by molar-refractivity contribution is 7.53. The Morgan fingerprint density at radius 2 is 1.30 bits per heavy atom. The molecular formula is C30H30NO5P. The molecule has 6 nitrogen and oxygen atoms in total. The number of benzene rings is 4. The van der Waals surface area contributed by atoms with Crippen molar-refractivity contribution in [1.82, 2.24) is 5.32 Å². The first-order valence-electron chi connectivity index (χ1n) is 11.9. The van der Waals surface area contributed by atoms with Crippen LogP contribution in [0.1, 0.15) is 27.8 Å². The molecule has 0 aliphatic heterocycles. The first-order valence-corrected chi connectivity index (χ1v) is 13.6. The van der Waals surface area contributed by atoms with E-state index in [1.54, 1.807) is 36.4 Å². The fraction of sp³-hybridized carbons (Fsp3) is 0.167. The van der Waals surface area contributed by atoms with Gasteiger partial charge in [0.15, 0.2) is 5.28 Å².